The van der Waals surface area contributed by atoms with Crippen molar-refractivity contribution < 1.29 is 4.79 Å². The molecular weight excluding hydrogens is 242 g/mol. The lowest BCUT2D eigenvalue weighted by Crippen LogP contribution is -2.01. The Morgan fingerprint density at radius 2 is 1.89 bits per heavy atom. The number of benzene rings is 1. The van der Waals surface area contributed by atoms with Gasteiger partial charge in [-0.25, -0.2) is 0 Å². The van der Waals surface area contributed by atoms with Gasteiger partial charge in [-0.1, -0.05) is 36.4 Å². The second-order valence-corrected chi connectivity index (χ2v) is 5.17. The van der Waals surface area contributed by atoms with E-state index in [0.29, 0.717) is 0 Å². The second-order valence-electron chi connectivity index (χ2n) is 4.22. The van der Waals surface area contributed by atoms with Gasteiger partial charge >= 0.3 is 0 Å². The predicted molar refractivity (Wildman–Crippen MR) is 74.6 cm³/mol. The molecule has 0 spiro atoms. The van der Waals surface area contributed by atoms with Crippen LogP contribution >= 0.6 is 11.3 Å². The molecule has 0 saturated carbocycles. The van der Waals surface area contributed by atoms with E-state index in [4.69, 9.17) is 0 Å². The summed E-state index contributed by atoms with van der Waals surface area (Å²) < 4.78 is 0. The van der Waals surface area contributed by atoms with Crippen molar-refractivity contribution in [2.75, 3.05) is 13.1 Å². The third kappa shape index (κ3) is 2.36. The van der Waals surface area contributed by atoms with Gasteiger partial charge in [-0.15, -0.1) is 11.3 Å². The molecule has 1 aliphatic rings. The van der Waals surface area contributed by atoms with Crippen LogP contribution in [0.2, 0.25) is 0 Å². The van der Waals surface area contributed by atoms with E-state index in [1.54, 1.807) is 6.08 Å². The standard InChI is InChI=1S/C15H13NOS/c17-14(15-7-4-10-18-15)11-13(16-8-9-16)12-5-2-1-3-6-12/h1-7,10-11H,8-9H2/b13-11-. The van der Waals surface area contributed by atoms with Crippen molar-refractivity contribution in [1.29, 1.82) is 0 Å². The van der Waals surface area contributed by atoms with E-state index in [9.17, 15) is 4.79 Å². The number of hydrogen-bond donors (Lipinski definition) is 0. The van der Waals surface area contributed by atoms with Gasteiger partial charge in [0.2, 0.25) is 0 Å². The normalized spacial score (nSPS) is 14.7. The fraction of sp³-hybridized carbons (Fsp3) is 0.133. The van der Waals surface area contributed by atoms with E-state index in [-0.39, 0.29) is 5.78 Å². The Bertz CT molecular complexity index is 568. The maximum atomic E-state index is 12.1. The lowest BCUT2D eigenvalue weighted by molar-refractivity contribution is 0.105. The number of ketones is 1. The van der Waals surface area contributed by atoms with Crippen molar-refractivity contribution in [3.63, 3.8) is 0 Å². The van der Waals surface area contributed by atoms with Crippen LogP contribution in [0.25, 0.3) is 5.70 Å². The lowest BCUT2D eigenvalue weighted by atomic mass is 10.1. The third-order valence-electron chi connectivity index (χ3n) is 2.89. The number of nitrogens with zero attached hydrogens (tertiary/aromatic N) is 1. The highest BCUT2D eigenvalue weighted by Gasteiger charge is 2.22. The number of hydrogen-bond acceptors (Lipinski definition) is 3. The van der Waals surface area contributed by atoms with Crippen molar-refractivity contribution in [3.8, 4) is 0 Å². The number of carbonyl (C=O) groups excluding carboxylic acids is 1. The van der Waals surface area contributed by atoms with Crippen molar-refractivity contribution in [2.24, 2.45) is 0 Å². The van der Waals surface area contributed by atoms with Crippen molar-refractivity contribution in [2.45, 2.75) is 0 Å². The Hall–Kier alpha value is -1.87. The summed E-state index contributed by atoms with van der Waals surface area (Å²) in [5.41, 5.74) is 2.15. The van der Waals surface area contributed by atoms with Crippen LogP contribution in [0.15, 0.2) is 53.9 Å². The Morgan fingerprint density at radius 3 is 2.50 bits per heavy atom. The first-order valence-corrected chi connectivity index (χ1v) is 6.82. The number of rotatable bonds is 4. The molecule has 0 aliphatic carbocycles. The Morgan fingerprint density at radius 1 is 1.11 bits per heavy atom. The van der Waals surface area contributed by atoms with Crippen LogP contribution in [-0.4, -0.2) is 23.8 Å². The van der Waals surface area contributed by atoms with E-state index in [1.807, 2.05) is 47.8 Å². The van der Waals surface area contributed by atoms with Crippen LogP contribution in [-0.2, 0) is 0 Å². The monoisotopic (exact) mass is 255 g/mol. The first-order valence-electron chi connectivity index (χ1n) is 5.94. The molecule has 18 heavy (non-hydrogen) atoms. The Labute approximate surface area is 110 Å². The lowest BCUT2D eigenvalue weighted by Gasteiger charge is -2.08. The molecule has 1 aromatic carbocycles. The summed E-state index contributed by atoms with van der Waals surface area (Å²) in [6, 6.07) is 13.9. The number of carbonyl (C=O) groups is 1. The maximum absolute atomic E-state index is 12.1. The predicted octanol–water partition coefficient (Wildman–Crippen LogP) is 3.29. The average Bonchev–Trinajstić information content (AvgIpc) is 3.10. The van der Waals surface area contributed by atoms with Crippen LogP contribution in [0, 0.1) is 0 Å². The fourth-order valence-corrected chi connectivity index (χ4v) is 2.51. The molecule has 1 aliphatic heterocycles. The highest BCUT2D eigenvalue weighted by Crippen LogP contribution is 2.26. The summed E-state index contributed by atoms with van der Waals surface area (Å²) in [5.74, 6) is 0.0933. The first-order chi connectivity index (χ1) is 8.84. The zero-order valence-electron chi connectivity index (χ0n) is 9.87. The van der Waals surface area contributed by atoms with E-state index in [1.165, 1.54) is 11.3 Å². The highest BCUT2D eigenvalue weighted by atomic mass is 32.1. The van der Waals surface area contributed by atoms with Crippen LogP contribution in [0.5, 0.6) is 0 Å². The molecule has 1 fully saturated rings. The third-order valence-corrected chi connectivity index (χ3v) is 3.77. The second kappa shape index (κ2) is 4.78. The van der Waals surface area contributed by atoms with E-state index in [0.717, 1.165) is 29.2 Å². The van der Waals surface area contributed by atoms with Gasteiger partial charge in [-0.05, 0) is 17.0 Å². The van der Waals surface area contributed by atoms with Crippen molar-refractivity contribution in [3.05, 3.63) is 64.4 Å². The Balaban J connectivity index is 1.93. The molecule has 3 heteroatoms. The molecule has 1 saturated heterocycles. The minimum atomic E-state index is 0.0933. The molecule has 90 valence electrons. The van der Waals surface area contributed by atoms with Gasteiger partial charge in [-0.2, -0.15) is 0 Å². The molecule has 3 rings (SSSR count). The molecule has 0 amide bonds. The minimum absolute atomic E-state index is 0.0933. The van der Waals surface area contributed by atoms with Crippen molar-refractivity contribution >= 4 is 22.8 Å². The number of thiophene rings is 1. The molecule has 0 bridgehead atoms. The van der Waals surface area contributed by atoms with Crippen LogP contribution in [0.3, 0.4) is 0 Å². The molecule has 0 unspecified atom stereocenters. The maximum Gasteiger partial charge on any atom is 0.197 e. The largest absolute Gasteiger partial charge is 0.367 e. The smallest absolute Gasteiger partial charge is 0.197 e. The van der Waals surface area contributed by atoms with Gasteiger partial charge in [-0.3, -0.25) is 4.79 Å². The first kappa shape index (κ1) is 11.2. The Kier molecular flexibility index (Phi) is 2.99. The molecule has 0 atom stereocenters. The van der Waals surface area contributed by atoms with Gasteiger partial charge < -0.3 is 4.90 Å². The summed E-state index contributed by atoms with van der Waals surface area (Å²) in [5, 5.41) is 1.93. The molecular formula is C15H13NOS. The van der Waals surface area contributed by atoms with E-state index in [2.05, 4.69) is 4.90 Å². The summed E-state index contributed by atoms with van der Waals surface area (Å²) in [6.45, 7) is 2.08. The fourth-order valence-electron chi connectivity index (χ4n) is 1.87. The van der Waals surface area contributed by atoms with Crippen LogP contribution in [0.1, 0.15) is 15.2 Å². The van der Waals surface area contributed by atoms with Crippen LogP contribution < -0.4 is 0 Å². The summed E-state index contributed by atoms with van der Waals surface area (Å²) >= 11 is 1.49. The zero-order valence-corrected chi connectivity index (χ0v) is 10.7. The summed E-state index contributed by atoms with van der Waals surface area (Å²) in [7, 11) is 0. The molecule has 2 nitrogen and oxygen atoms in total. The summed E-state index contributed by atoms with van der Waals surface area (Å²) in [6.07, 6.45) is 1.76. The van der Waals surface area contributed by atoms with Gasteiger partial charge in [0.15, 0.2) is 5.78 Å². The van der Waals surface area contributed by atoms with E-state index >= 15 is 0 Å². The molecule has 2 aromatic rings. The van der Waals surface area contributed by atoms with Gasteiger partial charge in [0.25, 0.3) is 0 Å². The number of allylic oxidation sites excluding steroid dienone is 1. The topological polar surface area (TPSA) is 20.1 Å². The zero-order chi connectivity index (χ0) is 12.4. The highest BCUT2D eigenvalue weighted by molar-refractivity contribution is 7.12. The summed E-state index contributed by atoms with van der Waals surface area (Å²) in [4.78, 5) is 15.1. The van der Waals surface area contributed by atoms with Gasteiger partial charge in [0.05, 0.1) is 4.88 Å². The van der Waals surface area contributed by atoms with E-state index < -0.39 is 0 Å². The van der Waals surface area contributed by atoms with Crippen molar-refractivity contribution in [1.82, 2.24) is 4.90 Å². The molecule has 0 N–H and O–H groups in total. The SMILES string of the molecule is O=C(/C=C(/c1ccccc1)N1CC1)c1cccs1. The molecule has 1 aromatic heterocycles. The van der Waals surface area contributed by atoms with Crippen LogP contribution in [0.4, 0.5) is 0 Å². The minimum Gasteiger partial charge on any atom is -0.367 e. The molecule has 0 radical (unpaired) electrons. The van der Waals surface area contributed by atoms with Gasteiger partial charge in [0, 0.05) is 24.9 Å². The quantitative estimate of drug-likeness (QED) is 0.474. The average molecular weight is 255 g/mol. The molecule has 2 heterocycles. The van der Waals surface area contributed by atoms with Gasteiger partial charge in [0.1, 0.15) is 0 Å².